The van der Waals surface area contributed by atoms with Crippen LogP contribution in [-0.2, 0) is 0 Å². The molecule has 1 atom stereocenters. The van der Waals surface area contributed by atoms with Gasteiger partial charge in [0.15, 0.2) is 0 Å². The van der Waals surface area contributed by atoms with Crippen molar-refractivity contribution in [3.05, 3.63) is 58.0 Å². The highest BCUT2D eigenvalue weighted by molar-refractivity contribution is 5.91. The highest BCUT2D eigenvalue weighted by atomic mass is 16.5. The van der Waals surface area contributed by atoms with Crippen LogP contribution < -0.4 is 15.6 Å². The molecule has 134 valence electrons. The Bertz CT molecular complexity index is 735. The Kier molecular flexibility index (Phi) is 6.71. The first kappa shape index (κ1) is 18.7. The van der Waals surface area contributed by atoms with E-state index in [1.165, 1.54) is 12.1 Å². The van der Waals surface area contributed by atoms with E-state index in [4.69, 9.17) is 4.74 Å². The first-order valence-corrected chi connectivity index (χ1v) is 8.31. The van der Waals surface area contributed by atoms with Gasteiger partial charge in [0.1, 0.15) is 11.4 Å². The fourth-order valence-corrected chi connectivity index (χ4v) is 2.72. The molecule has 0 aliphatic heterocycles. The van der Waals surface area contributed by atoms with Crippen LogP contribution in [0.1, 0.15) is 35.9 Å². The SMILES string of the molecule is CCN(CC)C(CNC(=O)c1ccc(=O)[nH]n1)c1cccc(OC)c1. The summed E-state index contributed by atoms with van der Waals surface area (Å²) < 4.78 is 5.31. The minimum absolute atomic E-state index is 0.0109. The van der Waals surface area contributed by atoms with Crippen molar-refractivity contribution < 1.29 is 9.53 Å². The molecule has 25 heavy (non-hydrogen) atoms. The Labute approximate surface area is 147 Å². The smallest absolute Gasteiger partial charge is 0.271 e. The predicted octanol–water partition coefficient (Wildman–Crippen LogP) is 1.59. The summed E-state index contributed by atoms with van der Waals surface area (Å²) in [5.41, 5.74) is 0.912. The number of carbonyl (C=O) groups excluding carboxylic acids is 1. The number of carbonyl (C=O) groups is 1. The summed E-state index contributed by atoms with van der Waals surface area (Å²) >= 11 is 0. The highest BCUT2D eigenvalue weighted by Gasteiger charge is 2.20. The van der Waals surface area contributed by atoms with Gasteiger partial charge in [-0.2, -0.15) is 5.10 Å². The van der Waals surface area contributed by atoms with E-state index in [0.29, 0.717) is 6.54 Å². The third kappa shape index (κ3) is 4.90. The average Bonchev–Trinajstić information content (AvgIpc) is 2.65. The maximum absolute atomic E-state index is 12.3. The van der Waals surface area contributed by atoms with E-state index >= 15 is 0 Å². The van der Waals surface area contributed by atoms with Gasteiger partial charge in [-0.1, -0.05) is 26.0 Å². The summed E-state index contributed by atoms with van der Waals surface area (Å²) in [5, 5.41) is 8.92. The lowest BCUT2D eigenvalue weighted by Crippen LogP contribution is -2.38. The molecule has 1 heterocycles. The normalized spacial score (nSPS) is 12.0. The van der Waals surface area contributed by atoms with E-state index in [0.717, 1.165) is 24.4 Å². The third-order valence-electron chi connectivity index (χ3n) is 4.10. The zero-order valence-electron chi connectivity index (χ0n) is 14.8. The highest BCUT2D eigenvalue weighted by Crippen LogP contribution is 2.23. The van der Waals surface area contributed by atoms with Gasteiger partial charge in [-0.25, -0.2) is 5.10 Å². The van der Waals surface area contributed by atoms with Gasteiger partial charge in [-0.05, 0) is 36.9 Å². The molecular formula is C18H24N4O3. The molecule has 0 radical (unpaired) electrons. The molecule has 1 aromatic heterocycles. The molecule has 0 saturated heterocycles. The van der Waals surface area contributed by atoms with E-state index in [2.05, 4.69) is 34.3 Å². The van der Waals surface area contributed by atoms with Gasteiger partial charge in [0.2, 0.25) is 0 Å². The fourth-order valence-electron chi connectivity index (χ4n) is 2.72. The number of methoxy groups -OCH3 is 1. The van der Waals surface area contributed by atoms with Crippen molar-refractivity contribution in [2.24, 2.45) is 0 Å². The van der Waals surface area contributed by atoms with Crippen LogP contribution in [0.25, 0.3) is 0 Å². The second kappa shape index (κ2) is 8.98. The van der Waals surface area contributed by atoms with Crippen molar-refractivity contribution >= 4 is 5.91 Å². The molecule has 1 aromatic carbocycles. The van der Waals surface area contributed by atoms with Gasteiger partial charge in [0.05, 0.1) is 13.2 Å². The summed E-state index contributed by atoms with van der Waals surface area (Å²) in [6.45, 7) is 6.30. The number of amides is 1. The quantitative estimate of drug-likeness (QED) is 0.759. The number of aromatic amines is 1. The van der Waals surface area contributed by atoms with Gasteiger partial charge in [-0.3, -0.25) is 14.5 Å². The van der Waals surface area contributed by atoms with E-state index in [1.54, 1.807) is 7.11 Å². The molecule has 0 aliphatic rings. The summed E-state index contributed by atoms with van der Waals surface area (Å²) in [4.78, 5) is 25.6. The molecule has 0 aliphatic carbocycles. The van der Waals surface area contributed by atoms with E-state index in [-0.39, 0.29) is 23.2 Å². The van der Waals surface area contributed by atoms with Gasteiger partial charge in [-0.15, -0.1) is 0 Å². The molecule has 2 rings (SSSR count). The Balaban J connectivity index is 2.17. The number of hydrogen-bond donors (Lipinski definition) is 2. The van der Waals surface area contributed by atoms with Gasteiger partial charge >= 0.3 is 0 Å². The zero-order chi connectivity index (χ0) is 18.2. The van der Waals surface area contributed by atoms with E-state index in [1.807, 2.05) is 24.3 Å². The van der Waals surface area contributed by atoms with Crippen molar-refractivity contribution in [3.8, 4) is 5.75 Å². The maximum atomic E-state index is 12.3. The Morgan fingerprint density at radius 2 is 2.04 bits per heavy atom. The van der Waals surface area contributed by atoms with Crippen molar-refractivity contribution in [1.82, 2.24) is 20.4 Å². The number of nitrogens with zero attached hydrogens (tertiary/aromatic N) is 2. The Morgan fingerprint density at radius 3 is 2.64 bits per heavy atom. The third-order valence-corrected chi connectivity index (χ3v) is 4.10. The monoisotopic (exact) mass is 344 g/mol. The molecule has 7 nitrogen and oxygen atoms in total. The standard InChI is InChI=1S/C18H24N4O3/c1-4-22(5-2)16(13-7-6-8-14(11-13)25-3)12-19-18(24)15-9-10-17(23)21-20-15/h6-11,16H,4-5,12H2,1-3H3,(H,19,24)(H,21,23). The molecule has 0 spiro atoms. The topological polar surface area (TPSA) is 87.3 Å². The summed E-state index contributed by atoms with van der Waals surface area (Å²) in [6, 6.07) is 10.5. The van der Waals surface area contributed by atoms with Crippen LogP contribution in [0.2, 0.25) is 0 Å². The Hall–Kier alpha value is -2.67. The van der Waals surface area contributed by atoms with Crippen molar-refractivity contribution in [1.29, 1.82) is 0 Å². The molecule has 2 aromatic rings. The number of H-pyrrole nitrogens is 1. The molecular weight excluding hydrogens is 320 g/mol. The number of rotatable bonds is 8. The number of ether oxygens (including phenoxy) is 1. The number of aromatic nitrogens is 2. The first-order valence-electron chi connectivity index (χ1n) is 8.31. The van der Waals surface area contributed by atoms with E-state index < -0.39 is 0 Å². The maximum Gasteiger partial charge on any atom is 0.271 e. The number of hydrogen-bond acceptors (Lipinski definition) is 5. The second-order valence-corrected chi connectivity index (χ2v) is 5.53. The summed E-state index contributed by atoms with van der Waals surface area (Å²) in [6.07, 6.45) is 0. The molecule has 1 amide bonds. The van der Waals surface area contributed by atoms with Crippen LogP contribution >= 0.6 is 0 Å². The van der Waals surface area contributed by atoms with Crippen LogP contribution in [-0.4, -0.2) is 47.7 Å². The Morgan fingerprint density at radius 1 is 1.28 bits per heavy atom. The average molecular weight is 344 g/mol. The lowest BCUT2D eigenvalue weighted by atomic mass is 10.0. The molecule has 1 unspecified atom stereocenters. The number of benzene rings is 1. The molecule has 0 saturated carbocycles. The van der Waals surface area contributed by atoms with Gasteiger partial charge in [0.25, 0.3) is 11.5 Å². The molecule has 7 heteroatoms. The molecule has 0 fully saturated rings. The lowest BCUT2D eigenvalue weighted by molar-refractivity contribution is 0.0929. The molecule has 0 bridgehead atoms. The zero-order valence-corrected chi connectivity index (χ0v) is 14.8. The van der Waals surface area contributed by atoms with Crippen LogP contribution in [0.4, 0.5) is 0 Å². The largest absolute Gasteiger partial charge is 0.497 e. The van der Waals surface area contributed by atoms with Crippen LogP contribution in [0, 0.1) is 0 Å². The molecule has 2 N–H and O–H groups in total. The van der Waals surface area contributed by atoms with Gasteiger partial charge < -0.3 is 10.1 Å². The first-order chi connectivity index (χ1) is 12.1. The number of nitrogens with one attached hydrogen (secondary N) is 2. The minimum atomic E-state index is -0.339. The van der Waals surface area contributed by atoms with Crippen molar-refractivity contribution in [2.45, 2.75) is 19.9 Å². The second-order valence-electron chi connectivity index (χ2n) is 5.53. The van der Waals surface area contributed by atoms with Crippen LogP contribution in [0.5, 0.6) is 5.75 Å². The van der Waals surface area contributed by atoms with Crippen molar-refractivity contribution in [2.75, 3.05) is 26.7 Å². The van der Waals surface area contributed by atoms with Crippen molar-refractivity contribution in [3.63, 3.8) is 0 Å². The lowest BCUT2D eigenvalue weighted by Gasteiger charge is -2.30. The fraction of sp³-hybridized carbons (Fsp3) is 0.389. The predicted molar refractivity (Wildman–Crippen MR) is 95.8 cm³/mol. The van der Waals surface area contributed by atoms with Gasteiger partial charge in [0, 0.05) is 12.6 Å². The summed E-state index contributed by atoms with van der Waals surface area (Å²) in [5.74, 6) is 0.458. The van der Waals surface area contributed by atoms with Crippen LogP contribution in [0.15, 0.2) is 41.2 Å². The van der Waals surface area contributed by atoms with Crippen LogP contribution in [0.3, 0.4) is 0 Å². The minimum Gasteiger partial charge on any atom is -0.497 e. The van der Waals surface area contributed by atoms with E-state index in [9.17, 15) is 9.59 Å². The summed E-state index contributed by atoms with van der Waals surface area (Å²) in [7, 11) is 1.63. The number of likely N-dealkylation sites (N-methyl/N-ethyl adjacent to an activating group) is 1.